The number of piperazine rings is 1. The average molecular weight is 603 g/mol. The molecule has 0 spiro atoms. The topological polar surface area (TPSA) is 116 Å². The maximum absolute atomic E-state index is 13.7. The van der Waals surface area contributed by atoms with Crippen LogP contribution >= 0.6 is 22.9 Å². The smallest absolute Gasteiger partial charge is 0.262 e. The van der Waals surface area contributed by atoms with Gasteiger partial charge < -0.3 is 15.1 Å². The maximum atomic E-state index is 13.7. The van der Waals surface area contributed by atoms with Crippen molar-refractivity contribution < 1.29 is 22.8 Å². The lowest BCUT2D eigenvalue weighted by molar-refractivity contribution is -0.206. The van der Waals surface area contributed by atoms with Gasteiger partial charge in [-0.1, -0.05) is 62.7 Å². The molecule has 12 heteroatoms. The number of halogens is 1. The molecule has 2 fully saturated rings. The molecule has 2 aliphatic heterocycles. The molecule has 5 rings (SSSR count). The number of benzene rings is 2. The fourth-order valence-electron chi connectivity index (χ4n) is 5.32. The first-order valence-electron chi connectivity index (χ1n) is 12.9. The van der Waals surface area contributed by atoms with Gasteiger partial charge in [-0.15, -0.1) is 11.3 Å². The summed E-state index contributed by atoms with van der Waals surface area (Å²) in [7, 11) is -3.96. The predicted octanol–water partition coefficient (Wildman–Crippen LogP) is 3.49. The summed E-state index contributed by atoms with van der Waals surface area (Å²) < 4.78 is 28.5. The highest BCUT2D eigenvalue weighted by atomic mass is 35.5. The van der Waals surface area contributed by atoms with Gasteiger partial charge >= 0.3 is 0 Å². The van der Waals surface area contributed by atoms with Crippen LogP contribution in [0.2, 0.25) is 5.02 Å². The summed E-state index contributed by atoms with van der Waals surface area (Å²) in [5.74, 6) is -0.879. The summed E-state index contributed by atoms with van der Waals surface area (Å²) in [6.07, 6.45) is 0. The number of thiophene rings is 1. The minimum Gasteiger partial charge on any atom is -0.339 e. The molecule has 2 aliphatic rings. The Hall–Kier alpha value is -2.99. The normalized spacial score (nSPS) is 21.3. The van der Waals surface area contributed by atoms with Crippen LogP contribution in [0.3, 0.4) is 0 Å². The van der Waals surface area contributed by atoms with Gasteiger partial charge in [0.2, 0.25) is 21.8 Å². The number of nitrogens with one attached hydrogen (secondary N) is 2. The van der Waals surface area contributed by atoms with E-state index in [0.717, 1.165) is 10.1 Å². The molecule has 0 saturated carbocycles. The fourth-order valence-corrected chi connectivity index (χ4v) is 7.77. The summed E-state index contributed by atoms with van der Waals surface area (Å²) in [6, 6.07) is 14.6. The number of likely N-dealkylation sites (tertiary alicyclic amines) is 2. The molecule has 3 amide bonds. The molecule has 2 saturated heterocycles. The van der Waals surface area contributed by atoms with Crippen molar-refractivity contribution >= 4 is 60.8 Å². The molecule has 0 aliphatic carbocycles. The van der Waals surface area contributed by atoms with E-state index in [4.69, 9.17) is 11.6 Å². The van der Waals surface area contributed by atoms with Gasteiger partial charge in [0.1, 0.15) is 10.9 Å². The largest absolute Gasteiger partial charge is 0.339 e. The van der Waals surface area contributed by atoms with Crippen molar-refractivity contribution in [3.63, 3.8) is 0 Å². The highest BCUT2D eigenvalue weighted by molar-refractivity contribution is 7.89. The molecule has 1 unspecified atom stereocenters. The molecule has 40 heavy (non-hydrogen) atoms. The number of nitrogens with zero attached hydrogens (tertiary/aromatic N) is 2. The first kappa shape index (κ1) is 28.5. The molecule has 9 nitrogen and oxygen atoms in total. The van der Waals surface area contributed by atoms with Crippen LogP contribution < -0.4 is 10.0 Å². The highest BCUT2D eigenvalue weighted by Crippen LogP contribution is 2.45. The molecule has 0 bridgehead atoms. The maximum Gasteiger partial charge on any atom is 0.262 e. The highest BCUT2D eigenvalue weighted by Gasteiger charge is 2.65. The summed E-state index contributed by atoms with van der Waals surface area (Å²) in [6.45, 7) is 7.79. The van der Waals surface area contributed by atoms with Crippen LogP contribution in [0.25, 0.3) is 10.1 Å². The van der Waals surface area contributed by atoms with E-state index in [1.807, 2.05) is 58.0 Å². The molecule has 3 aromatic rings. The molecule has 212 valence electrons. The Labute approximate surface area is 242 Å². The van der Waals surface area contributed by atoms with E-state index in [0.29, 0.717) is 11.4 Å². The van der Waals surface area contributed by atoms with Gasteiger partial charge in [-0.05, 0) is 42.0 Å². The third-order valence-corrected chi connectivity index (χ3v) is 10.7. The van der Waals surface area contributed by atoms with Crippen LogP contribution in [0.4, 0.5) is 0 Å². The Morgan fingerprint density at radius 3 is 2.42 bits per heavy atom. The predicted molar refractivity (Wildman–Crippen MR) is 155 cm³/mol. The standard InChI is InChI=1S/C28H31ClN4O5S2/c1-27(2,3)24(31-25(35)20-13-17-9-5-7-11-19(17)39-20)26(36)33-15-22-28(33,4)16-32(22)23(34)14-30-40(37,38)21-12-8-6-10-18(21)29/h5-13,22,24,30H,14-16H2,1-4H3,(H,31,35)/t22-,24?,28-/m1/s1. The molecular formula is C28H31ClN4O5S2. The Morgan fingerprint density at radius 2 is 1.80 bits per heavy atom. The summed E-state index contributed by atoms with van der Waals surface area (Å²) in [4.78, 5) is 43.5. The van der Waals surface area contributed by atoms with Gasteiger partial charge in [0, 0.05) is 17.8 Å². The zero-order chi connectivity index (χ0) is 29.0. The second-order valence-corrected chi connectivity index (χ2v) is 14.7. The second kappa shape index (κ2) is 10.1. The van der Waals surface area contributed by atoms with Crippen LogP contribution in [-0.4, -0.2) is 73.2 Å². The number of fused-ring (bicyclic) bond motifs is 2. The first-order valence-corrected chi connectivity index (χ1v) is 15.5. The molecule has 0 radical (unpaired) electrons. The van der Waals surface area contributed by atoms with Gasteiger partial charge in [0.15, 0.2) is 0 Å². The van der Waals surface area contributed by atoms with Crippen LogP contribution in [0.15, 0.2) is 59.5 Å². The van der Waals surface area contributed by atoms with Crippen LogP contribution in [0.1, 0.15) is 37.4 Å². The quantitative estimate of drug-likeness (QED) is 0.430. The minimum absolute atomic E-state index is 0.0694. The van der Waals surface area contributed by atoms with Crippen LogP contribution in [0.5, 0.6) is 0 Å². The number of hydrogen-bond donors (Lipinski definition) is 2. The van der Waals surface area contributed by atoms with E-state index in [2.05, 4.69) is 10.0 Å². The monoisotopic (exact) mass is 602 g/mol. The van der Waals surface area contributed by atoms with Crippen molar-refractivity contribution in [3.05, 3.63) is 64.5 Å². The number of sulfonamides is 1. The molecular weight excluding hydrogens is 572 g/mol. The third kappa shape index (κ3) is 5.00. The molecule has 3 atom stereocenters. The lowest BCUT2D eigenvalue weighted by Crippen LogP contribution is -2.89. The van der Waals surface area contributed by atoms with Crippen LogP contribution in [0, 0.1) is 5.41 Å². The number of rotatable bonds is 7. The molecule has 3 heterocycles. The summed E-state index contributed by atoms with van der Waals surface area (Å²) in [5, 5.41) is 4.01. The van der Waals surface area contributed by atoms with E-state index in [-0.39, 0.29) is 40.2 Å². The van der Waals surface area contributed by atoms with Gasteiger partial charge in [-0.3, -0.25) is 14.4 Å². The molecule has 2 N–H and O–H groups in total. The number of hydrogen-bond acceptors (Lipinski definition) is 6. The van der Waals surface area contributed by atoms with E-state index in [1.165, 1.54) is 23.5 Å². The average Bonchev–Trinajstić information content (AvgIpc) is 3.33. The van der Waals surface area contributed by atoms with Gasteiger partial charge in [0.05, 0.1) is 28.0 Å². The zero-order valence-electron chi connectivity index (χ0n) is 22.6. The number of carbonyl (C=O) groups is 3. The lowest BCUT2D eigenvalue weighted by atomic mass is 9.70. The van der Waals surface area contributed by atoms with Crippen molar-refractivity contribution in [1.29, 1.82) is 0 Å². The second-order valence-electron chi connectivity index (χ2n) is 11.5. The summed E-state index contributed by atoms with van der Waals surface area (Å²) >= 11 is 7.39. The van der Waals surface area contributed by atoms with Crippen molar-refractivity contribution in [3.8, 4) is 0 Å². The third-order valence-electron chi connectivity index (χ3n) is 7.72. The first-order chi connectivity index (χ1) is 18.7. The minimum atomic E-state index is -3.96. The van der Waals surface area contributed by atoms with Gasteiger partial charge in [0.25, 0.3) is 5.91 Å². The van der Waals surface area contributed by atoms with Crippen molar-refractivity contribution in [2.75, 3.05) is 19.6 Å². The Morgan fingerprint density at radius 1 is 1.12 bits per heavy atom. The van der Waals surface area contributed by atoms with Crippen LogP contribution in [-0.2, 0) is 19.6 Å². The summed E-state index contributed by atoms with van der Waals surface area (Å²) in [5.41, 5.74) is -1.14. The lowest BCUT2D eigenvalue weighted by Gasteiger charge is -2.69. The molecule has 1 aromatic heterocycles. The Bertz CT molecular complexity index is 1580. The molecule has 2 aromatic carbocycles. The van der Waals surface area contributed by atoms with E-state index in [1.54, 1.807) is 21.9 Å². The van der Waals surface area contributed by atoms with E-state index < -0.39 is 33.6 Å². The fraction of sp³-hybridized carbons (Fsp3) is 0.393. The van der Waals surface area contributed by atoms with Gasteiger partial charge in [-0.25, -0.2) is 13.1 Å². The van der Waals surface area contributed by atoms with Crippen molar-refractivity contribution in [2.45, 2.75) is 50.2 Å². The van der Waals surface area contributed by atoms with Crippen molar-refractivity contribution in [1.82, 2.24) is 19.8 Å². The zero-order valence-corrected chi connectivity index (χ0v) is 25.0. The number of amides is 3. The van der Waals surface area contributed by atoms with Crippen molar-refractivity contribution in [2.24, 2.45) is 5.41 Å². The van der Waals surface area contributed by atoms with E-state index >= 15 is 0 Å². The number of carbonyl (C=O) groups excluding carboxylic acids is 3. The van der Waals surface area contributed by atoms with Gasteiger partial charge in [-0.2, -0.15) is 0 Å². The Balaban J connectivity index is 1.22. The van der Waals surface area contributed by atoms with E-state index in [9.17, 15) is 22.8 Å². The SMILES string of the molecule is CC(C)(C)C(NC(=O)c1cc2ccccc2s1)C(=O)N1C[C@H]2N(C(=O)CNS(=O)(=O)c3ccccc3Cl)C[C@]21C. The Kier molecular flexibility index (Phi) is 7.23.